The number of halogens is 1. The summed E-state index contributed by atoms with van der Waals surface area (Å²) in [5.41, 5.74) is 6.50. The van der Waals surface area contributed by atoms with Crippen molar-refractivity contribution in [2.45, 2.75) is 38.3 Å². The molecule has 0 unspecified atom stereocenters. The first-order chi connectivity index (χ1) is 13.2. The first-order valence-corrected chi connectivity index (χ1v) is 9.05. The Morgan fingerprint density at radius 1 is 1.07 bits per heavy atom. The van der Waals surface area contributed by atoms with E-state index in [0.717, 1.165) is 11.1 Å². The molecule has 2 aromatic rings. The lowest BCUT2D eigenvalue weighted by atomic mass is 10.0. The molecule has 0 aliphatic rings. The summed E-state index contributed by atoms with van der Waals surface area (Å²) in [5, 5.41) is 14.7. The summed E-state index contributed by atoms with van der Waals surface area (Å²) in [6.07, 6.45) is 0.838. The van der Waals surface area contributed by atoms with Gasteiger partial charge in [-0.3, -0.25) is 9.59 Å². The number of aromatic hydroxyl groups is 1. The van der Waals surface area contributed by atoms with Crippen molar-refractivity contribution in [3.63, 3.8) is 0 Å². The second-order valence-electron chi connectivity index (χ2n) is 7.22. The van der Waals surface area contributed by atoms with Crippen LogP contribution in [0, 0.1) is 5.82 Å². The van der Waals surface area contributed by atoms with Crippen LogP contribution in [0.15, 0.2) is 48.5 Å². The zero-order valence-electron chi connectivity index (χ0n) is 16.0. The van der Waals surface area contributed by atoms with Gasteiger partial charge in [-0.05, 0) is 62.1 Å². The van der Waals surface area contributed by atoms with Crippen molar-refractivity contribution in [1.82, 2.24) is 10.6 Å². The van der Waals surface area contributed by atoms with Gasteiger partial charge in [0.15, 0.2) is 0 Å². The number of carbonyl (C=O) groups is 2. The molecule has 0 aromatic heterocycles. The van der Waals surface area contributed by atoms with Crippen LogP contribution < -0.4 is 16.4 Å². The lowest BCUT2D eigenvalue weighted by Gasteiger charge is -2.27. The maximum absolute atomic E-state index is 13.0. The molecule has 0 aliphatic carbocycles. The van der Waals surface area contributed by atoms with Gasteiger partial charge < -0.3 is 21.5 Å². The van der Waals surface area contributed by atoms with Gasteiger partial charge in [-0.15, -0.1) is 0 Å². The van der Waals surface area contributed by atoms with Crippen LogP contribution >= 0.6 is 0 Å². The zero-order valence-corrected chi connectivity index (χ0v) is 16.0. The van der Waals surface area contributed by atoms with Crippen molar-refractivity contribution in [2.24, 2.45) is 5.73 Å². The van der Waals surface area contributed by atoms with E-state index in [1.165, 1.54) is 12.1 Å². The van der Waals surface area contributed by atoms with E-state index in [-0.39, 0.29) is 23.9 Å². The van der Waals surface area contributed by atoms with E-state index in [4.69, 9.17) is 5.73 Å². The maximum atomic E-state index is 13.0. The molecule has 2 aromatic carbocycles. The molecule has 0 heterocycles. The van der Waals surface area contributed by atoms with Crippen molar-refractivity contribution in [1.29, 1.82) is 0 Å². The molecular formula is C21H26FN3O3. The third-order valence-corrected chi connectivity index (χ3v) is 4.34. The Bertz CT molecular complexity index is 805. The van der Waals surface area contributed by atoms with Crippen molar-refractivity contribution in [3.8, 4) is 5.75 Å². The van der Waals surface area contributed by atoms with Crippen molar-refractivity contribution in [2.75, 3.05) is 6.54 Å². The number of phenolic OH excluding ortho intramolecular Hbond substituents is 1. The van der Waals surface area contributed by atoms with Crippen LogP contribution in [0.5, 0.6) is 5.75 Å². The minimum absolute atomic E-state index is 0.189. The van der Waals surface area contributed by atoms with Gasteiger partial charge in [-0.2, -0.15) is 0 Å². The molecule has 28 heavy (non-hydrogen) atoms. The predicted octanol–water partition coefficient (Wildman–Crippen LogP) is 1.65. The monoisotopic (exact) mass is 387 g/mol. The van der Waals surface area contributed by atoms with E-state index >= 15 is 0 Å². The summed E-state index contributed by atoms with van der Waals surface area (Å²) in [6.45, 7) is 3.60. The fourth-order valence-corrected chi connectivity index (χ4v) is 2.63. The molecule has 0 aliphatic heterocycles. The molecule has 0 radical (unpaired) electrons. The summed E-state index contributed by atoms with van der Waals surface area (Å²) in [6, 6.07) is 11.7. The quantitative estimate of drug-likeness (QED) is 0.553. The standard InChI is InChI=1S/C21H26FN3O3/c1-21(2,20(28)24-12-11-14-5-9-17(26)10-6-14)25-19(27)18(23)13-15-3-7-16(22)8-4-15/h3-10,18,26H,11-13,23H2,1-2H3,(H,24,28)(H,25,27)/t18-/m0/s1. The van der Waals surface area contributed by atoms with E-state index in [9.17, 15) is 19.1 Å². The second-order valence-corrected chi connectivity index (χ2v) is 7.22. The van der Waals surface area contributed by atoms with Gasteiger partial charge in [0.25, 0.3) is 0 Å². The Balaban J connectivity index is 1.82. The number of benzene rings is 2. The summed E-state index contributed by atoms with van der Waals surface area (Å²) in [4.78, 5) is 24.8. The fourth-order valence-electron chi connectivity index (χ4n) is 2.63. The summed E-state index contributed by atoms with van der Waals surface area (Å²) in [5.74, 6) is -0.947. The number of nitrogens with one attached hydrogen (secondary N) is 2. The average molecular weight is 387 g/mol. The van der Waals surface area contributed by atoms with Gasteiger partial charge in [-0.1, -0.05) is 24.3 Å². The SMILES string of the molecule is CC(C)(NC(=O)[C@@H](N)Cc1ccc(F)cc1)C(=O)NCCc1ccc(O)cc1. The molecule has 0 saturated carbocycles. The lowest BCUT2D eigenvalue weighted by molar-refractivity contribution is -0.132. The third-order valence-electron chi connectivity index (χ3n) is 4.34. The smallest absolute Gasteiger partial charge is 0.245 e. The molecule has 1 atom stereocenters. The van der Waals surface area contributed by atoms with Crippen LogP contribution in [-0.4, -0.2) is 35.0 Å². The van der Waals surface area contributed by atoms with E-state index in [1.807, 2.05) is 0 Å². The highest BCUT2D eigenvalue weighted by Crippen LogP contribution is 2.10. The average Bonchev–Trinajstić information content (AvgIpc) is 2.64. The van der Waals surface area contributed by atoms with Gasteiger partial charge in [0.05, 0.1) is 6.04 Å². The molecule has 0 bridgehead atoms. The van der Waals surface area contributed by atoms with E-state index in [2.05, 4.69) is 10.6 Å². The van der Waals surface area contributed by atoms with Crippen molar-refractivity contribution in [3.05, 3.63) is 65.5 Å². The maximum Gasteiger partial charge on any atom is 0.245 e. The molecule has 7 heteroatoms. The minimum Gasteiger partial charge on any atom is -0.508 e. The van der Waals surface area contributed by atoms with Crippen LogP contribution in [0.4, 0.5) is 4.39 Å². The lowest BCUT2D eigenvalue weighted by Crippen LogP contribution is -2.58. The molecule has 2 rings (SSSR count). The molecular weight excluding hydrogens is 361 g/mol. The Morgan fingerprint density at radius 2 is 1.64 bits per heavy atom. The number of amides is 2. The predicted molar refractivity (Wildman–Crippen MR) is 105 cm³/mol. The minimum atomic E-state index is -1.13. The molecule has 5 N–H and O–H groups in total. The molecule has 6 nitrogen and oxygen atoms in total. The number of rotatable bonds is 8. The Labute approximate surface area is 163 Å². The third kappa shape index (κ3) is 6.35. The molecule has 0 spiro atoms. The largest absolute Gasteiger partial charge is 0.508 e. The Kier molecular flexibility index (Phi) is 7.12. The highest BCUT2D eigenvalue weighted by Gasteiger charge is 2.30. The van der Waals surface area contributed by atoms with E-state index < -0.39 is 17.5 Å². The number of phenols is 1. The second kappa shape index (κ2) is 9.32. The van der Waals surface area contributed by atoms with Crippen LogP contribution in [0.3, 0.4) is 0 Å². The number of hydrogen-bond donors (Lipinski definition) is 4. The Hall–Kier alpha value is -2.93. The van der Waals surface area contributed by atoms with Gasteiger partial charge in [-0.25, -0.2) is 4.39 Å². The van der Waals surface area contributed by atoms with Crippen LogP contribution in [-0.2, 0) is 22.4 Å². The first-order valence-electron chi connectivity index (χ1n) is 9.05. The van der Waals surface area contributed by atoms with Gasteiger partial charge in [0.1, 0.15) is 17.1 Å². The van der Waals surface area contributed by atoms with Gasteiger partial charge >= 0.3 is 0 Å². The van der Waals surface area contributed by atoms with Crippen LogP contribution in [0.25, 0.3) is 0 Å². The molecule has 0 fully saturated rings. The topological polar surface area (TPSA) is 104 Å². The summed E-state index contributed by atoms with van der Waals surface area (Å²) in [7, 11) is 0. The van der Waals surface area contributed by atoms with Crippen LogP contribution in [0.2, 0.25) is 0 Å². The van der Waals surface area contributed by atoms with Gasteiger partial charge in [0.2, 0.25) is 11.8 Å². The highest BCUT2D eigenvalue weighted by molar-refractivity contribution is 5.92. The molecule has 0 saturated heterocycles. The summed E-state index contributed by atoms with van der Waals surface area (Å²) >= 11 is 0. The number of nitrogens with two attached hydrogens (primary N) is 1. The molecule has 150 valence electrons. The zero-order chi connectivity index (χ0) is 20.7. The molecule has 2 amide bonds. The number of carbonyl (C=O) groups excluding carboxylic acids is 2. The van der Waals surface area contributed by atoms with Crippen molar-refractivity contribution < 1.29 is 19.1 Å². The van der Waals surface area contributed by atoms with E-state index in [1.54, 1.807) is 50.2 Å². The summed E-state index contributed by atoms with van der Waals surface area (Å²) < 4.78 is 13.0. The first kappa shape index (κ1) is 21.4. The Morgan fingerprint density at radius 3 is 2.25 bits per heavy atom. The van der Waals surface area contributed by atoms with Crippen LogP contribution in [0.1, 0.15) is 25.0 Å². The number of hydrogen-bond acceptors (Lipinski definition) is 4. The van der Waals surface area contributed by atoms with E-state index in [0.29, 0.717) is 13.0 Å². The fraction of sp³-hybridized carbons (Fsp3) is 0.333. The van der Waals surface area contributed by atoms with Crippen molar-refractivity contribution >= 4 is 11.8 Å². The van der Waals surface area contributed by atoms with Gasteiger partial charge in [0, 0.05) is 6.54 Å². The highest BCUT2D eigenvalue weighted by atomic mass is 19.1. The normalized spacial score (nSPS) is 12.3.